The highest BCUT2D eigenvalue weighted by molar-refractivity contribution is 6.03. The average molecular weight is 496 g/mol. The van der Waals surface area contributed by atoms with E-state index < -0.39 is 6.10 Å². The fourth-order valence-corrected chi connectivity index (χ4v) is 4.49. The highest BCUT2D eigenvalue weighted by atomic mass is 16.5. The molecule has 188 valence electrons. The van der Waals surface area contributed by atoms with Crippen LogP contribution in [0.5, 0.6) is 5.75 Å². The maximum Gasteiger partial charge on any atom is 0.270 e. The number of benzene rings is 2. The highest BCUT2D eigenvalue weighted by Crippen LogP contribution is 2.36. The van der Waals surface area contributed by atoms with Crippen LogP contribution in [0.15, 0.2) is 73.1 Å². The van der Waals surface area contributed by atoms with Crippen molar-refractivity contribution in [1.82, 2.24) is 25.4 Å². The molecule has 0 fully saturated rings. The van der Waals surface area contributed by atoms with Gasteiger partial charge >= 0.3 is 0 Å². The lowest BCUT2D eigenvalue weighted by atomic mass is 9.98. The number of nitrogens with zero attached hydrogens (tertiary/aromatic N) is 3. The molecule has 3 heterocycles. The minimum absolute atomic E-state index is 0.154. The molecule has 2 N–H and O–H groups in total. The van der Waals surface area contributed by atoms with E-state index in [1.165, 1.54) is 5.56 Å². The van der Waals surface area contributed by atoms with Crippen LogP contribution in [0.4, 0.5) is 0 Å². The van der Waals surface area contributed by atoms with E-state index in [0.717, 1.165) is 27.9 Å². The minimum Gasteiger partial charge on any atom is -0.476 e. The first-order chi connectivity index (χ1) is 18.0. The number of ether oxygens (including phenoxy) is 1. The third-order valence-electron chi connectivity index (χ3n) is 6.52. The van der Waals surface area contributed by atoms with E-state index in [9.17, 15) is 9.59 Å². The summed E-state index contributed by atoms with van der Waals surface area (Å²) in [5.74, 6) is 0.554. The van der Waals surface area contributed by atoms with Crippen LogP contribution >= 0.6 is 0 Å². The Labute approximate surface area is 215 Å². The van der Waals surface area contributed by atoms with Crippen LogP contribution in [-0.2, 0) is 11.3 Å². The summed E-state index contributed by atoms with van der Waals surface area (Å²) in [6.07, 6.45) is 2.63. The second-order valence-electron chi connectivity index (χ2n) is 9.25. The van der Waals surface area contributed by atoms with Gasteiger partial charge in [-0.25, -0.2) is 0 Å². The minimum atomic E-state index is -0.792. The van der Waals surface area contributed by atoms with E-state index in [-0.39, 0.29) is 11.8 Å². The molecule has 8 heteroatoms. The Morgan fingerprint density at radius 3 is 2.30 bits per heavy atom. The predicted molar refractivity (Wildman–Crippen MR) is 141 cm³/mol. The van der Waals surface area contributed by atoms with Crippen molar-refractivity contribution in [3.8, 4) is 28.1 Å². The number of hydrogen-bond acceptors (Lipinski definition) is 5. The molecule has 4 aromatic rings. The molecule has 8 nitrogen and oxygen atoms in total. The number of rotatable bonds is 7. The Kier molecular flexibility index (Phi) is 6.72. The Morgan fingerprint density at radius 1 is 0.973 bits per heavy atom. The average Bonchev–Trinajstić information content (AvgIpc) is 3.33. The number of aromatic nitrogens is 3. The van der Waals surface area contributed by atoms with Gasteiger partial charge in [0.15, 0.2) is 0 Å². The lowest BCUT2D eigenvalue weighted by molar-refractivity contribution is -0.127. The van der Waals surface area contributed by atoms with Crippen molar-refractivity contribution >= 4 is 11.8 Å². The number of hydrogen-bond donors (Lipinski definition) is 2. The number of carbonyl (C=O) groups is 2. The van der Waals surface area contributed by atoms with Crippen LogP contribution in [0.25, 0.3) is 22.4 Å². The number of amides is 2. The maximum absolute atomic E-state index is 12.8. The van der Waals surface area contributed by atoms with Crippen LogP contribution in [-0.4, -0.2) is 40.2 Å². The Balaban J connectivity index is 1.48. The third kappa shape index (κ3) is 4.82. The van der Waals surface area contributed by atoms with Crippen LogP contribution in [0, 0.1) is 0 Å². The monoisotopic (exact) mass is 495 g/mol. The standard InChI is InChI=1S/C29H29N5O3/c1-18(2)19-4-6-22(7-5-19)27(29(36)30-3)37-23-10-8-20(9-11-23)24-25(21-12-14-31-15-13-21)33-34-17-16-32-28(35)26(24)34/h4-15,18,27H,16-17H2,1-3H3,(H,30,36)(H,32,35). The van der Waals surface area contributed by atoms with Gasteiger partial charge < -0.3 is 15.4 Å². The predicted octanol–water partition coefficient (Wildman–Crippen LogP) is 4.35. The van der Waals surface area contributed by atoms with Gasteiger partial charge in [0.2, 0.25) is 6.10 Å². The first kappa shape index (κ1) is 24.2. The molecule has 2 amide bonds. The number of likely N-dealkylation sites (N-methyl/N-ethyl adjacent to an activating group) is 1. The third-order valence-corrected chi connectivity index (χ3v) is 6.52. The van der Waals surface area contributed by atoms with Crippen LogP contribution in [0.2, 0.25) is 0 Å². The Bertz CT molecular complexity index is 1410. The van der Waals surface area contributed by atoms with Gasteiger partial charge in [-0.15, -0.1) is 0 Å². The lowest BCUT2D eigenvalue weighted by Gasteiger charge is -2.19. The van der Waals surface area contributed by atoms with Gasteiger partial charge in [-0.1, -0.05) is 50.2 Å². The number of fused-ring (bicyclic) bond motifs is 1. The Hall–Kier alpha value is -4.46. The summed E-state index contributed by atoms with van der Waals surface area (Å²) in [7, 11) is 1.60. The van der Waals surface area contributed by atoms with Gasteiger partial charge in [0.1, 0.15) is 17.1 Å². The summed E-state index contributed by atoms with van der Waals surface area (Å²) in [6, 6.07) is 19.1. The Morgan fingerprint density at radius 2 is 1.65 bits per heavy atom. The van der Waals surface area contributed by atoms with E-state index >= 15 is 0 Å². The lowest BCUT2D eigenvalue weighted by Crippen LogP contribution is -2.35. The van der Waals surface area contributed by atoms with Crippen molar-refractivity contribution < 1.29 is 14.3 Å². The molecular formula is C29H29N5O3. The van der Waals surface area contributed by atoms with Gasteiger partial charge in [0.25, 0.3) is 11.8 Å². The summed E-state index contributed by atoms with van der Waals surface area (Å²) in [5, 5.41) is 10.4. The molecule has 0 aliphatic carbocycles. The topological polar surface area (TPSA) is 98.1 Å². The molecule has 2 aromatic carbocycles. The molecule has 0 spiro atoms. The molecule has 1 unspecified atom stereocenters. The molecule has 2 aromatic heterocycles. The first-order valence-electron chi connectivity index (χ1n) is 12.3. The number of pyridine rings is 1. The van der Waals surface area contributed by atoms with Gasteiger partial charge in [0, 0.05) is 42.7 Å². The van der Waals surface area contributed by atoms with E-state index in [1.807, 2.05) is 60.7 Å². The van der Waals surface area contributed by atoms with Crippen molar-refractivity contribution in [2.45, 2.75) is 32.4 Å². The van der Waals surface area contributed by atoms with E-state index in [1.54, 1.807) is 24.1 Å². The molecule has 5 rings (SSSR count). The second kappa shape index (κ2) is 10.3. The molecular weight excluding hydrogens is 466 g/mol. The van der Waals surface area contributed by atoms with E-state index in [4.69, 9.17) is 9.84 Å². The van der Waals surface area contributed by atoms with Gasteiger partial charge in [0.05, 0.1) is 6.54 Å². The molecule has 1 aliphatic rings. The zero-order valence-corrected chi connectivity index (χ0v) is 21.1. The highest BCUT2D eigenvalue weighted by Gasteiger charge is 2.28. The van der Waals surface area contributed by atoms with E-state index in [2.05, 4.69) is 29.5 Å². The van der Waals surface area contributed by atoms with Gasteiger partial charge in [-0.05, 0) is 41.3 Å². The molecule has 1 aliphatic heterocycles. The first-order valence-corrected chi connectivity index (χ1v) is 12.3. The molecule has 0 saturated heterocycles. The summed E-state index contributed by atoms with van der Waals surface area (Å²) >= 11 is 0. The number of carbonyl (C=O) groups excluding carboxylic acids is 2. The smallest absolute Gasteiger partial charge is 0.270 e. The second-order valence-corrected chi connectivity index (χ2v) is 9.25. The largest absolute Gasteiger partial charge is 0.476 e. The zero-order valence-electron chi connectivity index (χ0n) is 21.1. The zero-order chi connectivity index (χ0) is 25.9. The summed E-state index contributed by atoms with van der Waals surface area (Å²) in [4.78, 5) is 29.6. The van der Waals surface area contributed by atoms with Crippen molar-refractivity contribution in [2.75, 3.05) is 13.6 Å². The van der Waals surface area contributed by atoms with Crippen LogP contribution in [0.1, 0.15) is 47.5 Å². The van der Waals surface area contributed by atoms with E-state index in [0.29, 0.717) is 30.5 Å². The van der Waals surface area contributed by atoms with Gasteiger partial charge in [-0.2, -0.15) is 5.10 Å². The van der Waals surface area contributed by atoms with Crippen LogP contribution in [0.3, 0.4) is 0 Å². The van der Waals surface area contributed by atoms with Crippen molar-refractivity contribution in [2.24, 2.45) is 0 Å². The molecule has 0 radical (unpaired) electrons. The fraction of sp³-hybridized carbons (Fsp3) is 0.241. The summed E-state index contributed by atoms with van der Waals surface area (Å²) in [6.45, 7) is 5.40. The normalized spacial score (nSPS) is 13.6. The SMILES string of the molecule is CNC(=O)C(Oc1ccc(-c2c(-c3ccncc3)nn3c2C(=O)NCC3)cc1)c1ccc(C(C)C)cc1. The molecule has 0 saturated carbocycles. The van der Waals surface area contributed by atoms with Crippen molar-refractivity contribution in [3.05, 3.63) is 89.9 Å². The fourth-order valence-electron chi connectivity index (χ4n) is 4.49. The molecule has 37 heavy (non-hydrogen) atoms. The van der Waals surface area contributed by atoms with Crippen molar-refractivity contribution in [1.29, 1.82) is 0 Å². The molecule has 1 atom stereocenters. The van der Waals surface area contributed by atoms with Crippen LogP contribution < -0.4 is 15.4 Å². The number of nitrogens with one attached hydrogen (secondary N) is 2. The summed E-state index contributed by atoms with van der Waals surface area (Å²) < 4.78 is 7.91. The van der Waals surface area contributed by atoms with Gasteiger partial charge in [-0.3, -0.25) is 19.3 Å². The maximum atomic E-state index is 12.8. The summed E-state index contributed by atoms with van der Waals surface area (Å²) in [5.41, 5.74) is 5.68. The molecule has 0 bridgehead atoms. The quantitative estimate of drug-likeness (QED) is 0.397. The van der Waals surface area contributed by atoms with Crippen molar-refractivity contribution in [3.63, 3.8) is 0 Å².